The van der Waals surface area contributed by atoms with Gasteiger partial charge in [0.2, 0.25) is 5.91 Å². The van der Waals surface area contributed by atoms with E-state index in [0.717, 1.165) is 42.6 Å². The normalized spacial score (nSPS) is 17.6. The molecular formula is C19H26N2O3. The third kappa shape index (κ3) is 3.96. The average molecular weight is 330 g/mol. The van der Waals surface area contributed by atoms with Crippen LogP contribution >= 0.6 is 0 Å². The minimum absolute atomic E-state index is 0.0344. The molecule has 1 aromatic carbocycles. The van der Waals surface area contributed by atoms with Crippen molar-refractivity contribution in [1.82, 2.24) is 0 Å². The van der Waals surface area contributed by atoms with Crippen molar-refractivity contribution in [1.29, 1.82) is 0 Å². The van der Waals surface area contributed by atoms with E-state index < -0.39 is 0 Å². The van der Waals surface area contributed by atoms with E-state index in [1.807, 2.05) is 18.2 Å². The standard InChI is InChI=1S/C19H26N2O3/c1-24-13-19(23)21-10-4-7-15-8-9-16(12-17(15)21)20-18(22)11-14-5-2-3-6-14/h8-9,12,14H,2-7,10-11,13H2,1H3,(H,20,22). The molecule has 130 valence electrons. The van der Waals surface area contributed by atoms with Crippen LogP contribution in [0.5, 0.6) is 0 Å². The zero-order valence-electron chi connectivity index (χ0n) is 14.3. The molecule has 0 aromatic heterocycles. The minimum Gasteiger partial charge on any atom is -0.375 e. The Kier molecular flexibility index (Phi) is 5.51. The van der Waals surface area contributed by atoms with Crippen LogP contribution in [0.2, 0.25) is 0 Å². The second-order valence-corrected chi connectivity index (χ2v) is 6.83. The first-order chi connectivity index (χ1) is 11.7. The smallest absolute Gasteiger partial charge is 0.252 e. The Balaban J connectivity index is 1.70. The van der Waals surface area contributed by atoms with Crippen LogP contribution in [0.15, 0.2) is 18.2 Å². The first kappa shape index (κ1) is 17.0. The van der Waals surface area contributed by atoms with Gasteiger partial charge in [-0.1, -0.05) is 18.9 Å². The Morgan fingerprint density at radius 1 is 1.25 bits per heavy atom. The highest BCUT2D eigenvalue weighted by molar-refractivity contribution is 5.97. The molecule has 2 aliphatic rings. The number of fused-ring (bicyclic) bond motifs is 1. The van der Waals surface area contributed by atoms with Crippen molar-refractivity contribution in [2.75, 3.05) is 30.5 Å². The SMILES string of the molecule is COCC(=O)N1CCCc2ccc(NC(=O)CC3CCCC3)cc21. The summed E-state index contributed by atoms with van der Waals surface area (Å²) in [6, 6.07) is 5.89. The lowest BCUT2D eigenvalue weighted by atomic mass is 10.0. The predicted octanol–water partition coefficient (Wildman–Crippen LogP) is 3.13. The van der Waals surface area contributed by atoms with Gasteiger partial charge in [-0.25, -0.2) is 0 Å². The molecule has 1 heterocycles. The van der Waals surface area contributed by atoms with Crippen LogP contribution in [0.3, 0.4) is 0 Å². The summed E-state index contributed by atoms with van der Waals surface area (Å²) in [6.07, 6.45) is 7.33. The van der Waals surface area contributed by atoms with E-state index in [1.54, 1.807) is 4.90 Å². The first-order valence-electron chi connectivity index (χ1n) is 8.89. The first-order valence-corrected chi connectivity index (χ1v) is 8.89. The summed E-state index contributed by atoms with van der Waals surface area (Å²) in [5.41, 5.74) is 2.83. The lowest BCUT2D eigenvalue weighted by molar-refractivity contribution is -0.122. The number of benzene rings is 1. The number of aryl methyl sites for hydroxylation is 1. The quantitative estimate of drug-likeness (QED) is 0.902. The highest BCUT2D eigenvalue weighted by Gasteiger charge is 2.23. The highest BCUT2D eigenvalue weighted by Crippen LogP contribution is 2.31. The average Bonchev–Trinajstić information content (AvgIpc) is 3.07. The molecule has 1 N–H and O–H groups in total. The molecule has 1 aliphatic heterocycles. The Hall–Kier alpha value is -1.88. The van der Waals surface area contributed by atoms with Crippen LogP contribution in [-0.2, 0) is 20.7 Å². The summed E-state index contributed by atoms with van der Waals surface area (Å²) >= 11 is 0. The topological polar surface area (TPSA) is 58.6 Å². The molecule has 0 saturated heterocycles. The lowest BCUT2D eigenvalue weighted by Gasteiger charge is -2.30. The van der Waals surface area contributed by atoms with E-state index >= 15 is 0 Å². The number of carbonyl (C=O) groups is 2. The maximum atomic E-state index is 12.2. The zero-order valence-corrected chi connectivity index (χ0v) is 14.3. The van der Waals surface area contributed by atoms with E-state index in [0.29, 0.717) is 18.9 Å². The second-order valence-electron chi connectivity index (χ2n) is 6.83. The van der Waals surface area contributed by atoms with E-state index in [1.165, 1.54) is 20.0 Å². The molecule has 1 aromatic rings. The Morgan fingerprint density at radius 3 is 2.79 bits per heavy atom. The minimum atomic E-state index is -0.0344. The number of hydrogen-bond acceptors (Lipinski definition) is 3. The van der Waals surface area contributed by atoms with Gasteiger partial charge in [0.05, 0.1) is 0 Å². The number of methoxy groups -OCH3 is 1. The van der Waals surface area contributed by atoms with E-state index in [-0.39, 0.29) is 18.4 Å². The number of rotatable bonds is 5. The van der Waals surface area contributed by atoms with Crippen LogP contribution < -0.4 is 10.2 Å². The van der Waals surface area contributed by atoms with Gasteiger partial charge < -0.3 is 15.0 Å². The molecule has 0 radical (unpaired) electrons. The van der Waals surface area contributed by atoms with Gasteiger partial charge in [-0.05, 0) is 49.3 Å². The van der Waals surface area contributed by atoms with Crippen LogP contribution in [-0.4, -0.2) is 32.1 Å². The van der Waals surface area contributed by atoms with Crippen molar-refractivity contribution in [3.63, 3.8) is 0 Å². The Bertz CT molecular complexity index is 609. The summed E-state index contributed by atoms with van der Waals surface area (Å²) in [6.45, 7) is 0.784. The third-order valence-electron chi connectivity index (χ3n) is 5.01. The van der Waals surface area contributed by atoms with Crippen LogP contribution in [0.4, 0.5) is 11.4 Å². The van der Waals surface area contributed by atoms with Crippen molar-refractivity contribution >= 4 is 23.2 Å². The van der Waals surface area contributed by atoms with Crippen LogP contribution in [0.25, 0.3) is 0 Å². The molecule has 0 bridgehead atoms. The fourth-order valence-corrected chi connectivity index (χ4v) is 3.80. The summed E-state index contributed by atoms with van der Waals surface area (Å²) < 4.78 is 4.98. The molecule has 2 amide bonds. The largest absolute Gasteiger partial charge is 0.375 e. The van der Waals surface area contributed by atoms with Crippen LogP contribution in [0, 0.1) is 5.92 Å². The van der Waals surface area contributed by atoms with Gasteiger partial charge in [-0.2, -0.15) is 0 Å². The summed E-state index contributed by atoms with van der Waals surface area (Å²) in [5.74, 6) is 0.572. The maximum absolute atomic E-state index is 12.2. The number of nitrogens with one attached hydrogen (secondary N) is 1. The summed E-state index contributed by atoms with van der Waals surface area (Å²) in [5, 5.41) is 3.00. The highest BCUT2D eigenvalue weighted by atomic mass is 16.5. The zero-order chi connectivity index (χ0) is 16.9. The molecule has 0 unspecified atom stereocenters. The number of anilines is 2. The molecule has 3 rings (SSSR count). The number of hydrogen-bond donors (Lipinski definition) is 1. The monoisotopic (exact) mass is 330 g/mol. The molecule has 5 nitrogen and oxygen atoms in total. The van der Waals surface area contributed by atoms with Gasteiger partial charge >= 0.3 is 0 Å². The molecule has 1 fully saturated rings. The van der Waals surface area contributed by atoms with Crippen molar-refractivity contribution in [2.45, 2.75) is 44.9 Å². The molecule has 1 saturated carbocycles. The molecule has 5 heteroatoms. The van der Waals surface area contributed by atoms with Gasteiger partial charge in [-0.15, -0.1) is 0 Å². The van der Waals surface area contributed by atoms with Gasteiger partial charge in [-0.3, -0.25) is 9.59 Å². The Morgan fingerprint density at radius 2 is 2.04 bits per heavy atom. The van der Waals surface area contributed by atoms with Crippen molar-refractivity contribution < 1.29 is 14.3 Å². The van der Waals surface area contributed by atoms with Gasteiger partial charge in [0.15, 0.2) is 0 Å². The van der Waals surface area contributed by atoms with E-state index in [9.17, 15) is 9.59 Å². The molecule has 0 atom stereocenters. The van der Waals surface area contributed by atoms with Crippen LogP contribution in [0.1, 0.15) is 44.1 Å². The maximum Gasteiger partial charge on any atom is 0.252 e. The number of amides is 2. The van der Waals surface area contributed by atoms with Crippen molar-refractivity contribution in [2.24, 2.45) is 5.92 Å². The lowest BCUT2D eigenvalue weighted by Crippen LogP contribution is -2.37. The van der Waals surface area contributed by atoms with E-state index in [2.05, 4.69) is 5.32 Å². The predicted molar refractivity (Wildman–Crippen MR) is 94.2 cm³/mol. The fourth-order valence-electron chi connectivity index (χ4n) is 3.80. The molecule has 0 spiro atoms. The number of carbonyl (C=O) groups excluding carboxylic acids is 2. The van der Waals surface area contributed by atoms with E-state index in [4.69, 9.17) is 4.74 Å². The number of ether oxygens (including phenoxy) is 1. The summed E-state index contributed by atoms with van der Waals surface area (Å²) in [4.78, 5) is 26.3. The fraction of sp³-hybridized carbons (Fsp3) is 0.579. The molecule has 1 aliphatic carbocycles. The summed E-state index contributed by atoms with van der Waals surface area (Å²) in [7, 11) is 1.53. The number of nitrogens with zero attached hydrogens (tertiary/aromatic N) is 1. The third-order valence-corrected chi connectivity index (χ3v) is 5.01. The van der Waals surface area contributed by atoms with Crippen molar-refractivity contribution in [3.8, 4) is 0 Å². The van der Waals surface area contributed by atoms with Gasteiger partial charge in [0.1, 0.15) is 6.61 Å². The second kappa shape index (κ2) is 7.79. The van der Waals surface area contributed by atoms with Crippen molar-refractivity contribution in [3.05, 3.63) is 23.8 Å². The van der Waals surface area contributed by atoms with Gasteiger partial charge in [0, 0.05) is 31.5 Å². The van der Waals surface area contributed by atoms with Gasteiger partial charge in [0.25, 0.3) is 5.91 Å². The molecular weight excluding hydrogens is 304 g/mol. The Labute approximate surface area is 143 Å². The molecule has 24 heavy (non-hydrogen) atoms.